The molecule has 0 fully saturated rings. The average Bonchev–Trinajstić information content (AvgIpc) is 2.34. The van der Waals surface area contributed by atoms with Crippen molar-refractivity contribution in [2.24, 2.45) is 5.73 Å². The van der Waals surface area contributed by atoms with Crippen LogP contribution in [0.5, 0.6) is 5.75 Å². The summed E-state index contributed by atoms with van der Waals surface area (Å²) < 4.78 is 6.10. The molecule has 0 aliphatic carbocycles. The summed E-state index contributed by atoms with van der Waals surface area (Å²) in [5.41, 5.74) is 6.11. The van der Waals surface area contributed by atoms with E-state index in [0.29, 0.717) is 6.54 Å². The Balaban J connectivity index is 2.62. The highest BCUT2D eigenvalue weighted by Crippen LogP contribution is 2.25. The maximum Gasteiger partial charge on any atom is 0.241 e. The van der Waals surface area contributed by atoms with Crippen LogP contribution in [0.1, 0.15) is 19.4 Å². The molecule has 0 unspecified atom stereocenters. The largest absolute Gasteiger partial charge is 0.496 e. The molecule has 0 radical (unpaired) electrons. The van der Waals surface area contributed by atoms with E-state index in [0.717, 1.165) is 22.2 Å². The second-order valence-electron chi connectivity index (χ2n) is 5.17. The van der Waals surface area contributed by atoms with Crippen molar-refractivity contribution in [2.45, 2.75) is 25.8 Å². The van der Waals surface area contributed by atoms with Gasteiger partial charge in [-0.25, -0.2) is 0 Å². The second-order valence-corrected chi connectivity index (χ2v) is 6.02. The van der Waals surface area contributed by atoms with Crippen LogP contribution in [-0.2, 0) is 11.2 Å². The van der Waals surface area contributed by atoms with Crippen LogP contribution in [0.4, 0.5) is 0 Å². The van der Waals surface area contributed by atoms with E-state index in [4.69, 9.17) is 10.5 Å². The summed E-state index contributed by atoms with van der Waals surface area (Å²) in [6.45, 7) is 4.07. The number of methoxy groups -OCH3 is 1. The number of amides is 1. The molecule has 1 aromatic carbocycles. The van der Waals surface area contributed by atoms with E-state index in [1.54, 1.807) is 32.9 Å². The smallest absolute Gasteiger partial charge is 0.241 e. The first-order chi connectivity index (χ1) is 8.75. The third-order valence-electron chi connectivity index (χ3n) is 2.85. The van der Waals surface area contributed by atoms with E-state index in [2.05, 4.69) is 15.9 Å². The Labute approximate surface area is 123 Å². The Morgan fingerprint density at radius 2 is 2.11 bits per heavy atom. The first-order valence-corrected chi connectivity index (χ1v) is 6.92. The van der Waals surface area contributed by atoms with Gasteiger partial charge in [-0.2, -0.15) is 0 Å². The van der Waals surface area contributed by atoms with E-state index in [1.807, 2.05) is 18.2 Å². The molecule has 0 aromatic heterocycles. The summed E-state index contributed by atoms with van der Waals surface area (Å²) in [6, 6.07) is 5.91. The number of hydrogen-bond donors (Lipinski definition) is 1. The molecular weight excluding hydrogens is 308 g/mol. The molecule has 0 aliphatic heterocycles. The summed E-state index contributed by atoms with van der Waals surface area (Å²) in [5.74, 6) is 0.747. The van der Waals surface area contributed by atoms with Crippen LogP contribution in [0, 0.1) is 0 Å². The van der Waals surface area contributed by atoms with Gasteiger partial charge >= 0.3 is 0 Å². The zero-order chi connectivity index (χ0) is 14.6. The van der Waals surface area contributed by atoms with Gasteiger partial charge in [-0.1, -0.05) is 6.07 Å². The highest BCUT2D eigenvalue weighted by atomic mass is 79.9. The van der Waals surface area contributed by atoms with Gasteiger partial charge in [0.25, 0.3) is 0 Å². The number of halogens is 1. The number of nitrogens with two attached hydrogens (primary N) is 1. The lowest BCUT2D eigenvalue weighted by atomic mass is 10.1. The maximum atomic E-state index is 11.9. The van der Waals surface area contributed by atoms with Gasteiger partial charge in [0, 0.05) is 13.6 Å². The third kappa shape index (κ3) is 4.51. The number of hydrogen-bond acceptors (Lipinski definition) is 3. The fraction of sp³-hybridized carbons (Fsp3) is 0.500. The number of carbonyl (C=O) groups is 1. The molecule has 0 saturated carbocycles. The van der Waals surface area contributed by atoms with Crippen LogP contribution in [0.25, 0.3) is 0 Å². The number of ether oxygens (including phenoxy) is 1. The van der Waals surface area contributed by atoms with Crippen LogP contribution < -0.4 is 10.5 Å². The Hall–Kier alpha value is -1.07. The SMILES string of the molecule is COc1ccc(CCN(C)C(=O)C(C)(C)N)cc1Br. The van der Waals surface area contributed by atoms with E-state index in [1.165, 1.54) is 0 Å². The number of nitrogens with zero attached hydrogens (tertiary/aromatic N) is 1. The first-order valence-electron chi connectivity index (χ1n) is 6.12. The summed E-state index contributed by atoms with van der Waals surface area (Å²) in [5, 5.41) is 0. The standard InChI is InChI=1S/C14H21BrN2O2/c1-14(2,16)13(18)17(3)8-7-10-5-6-12(19-4)11(15)9-10/h5-6,9H,7-8,16H2,1-4H3. The van der Waals surface area contributed by atoms with Gasteiger partial charge in [0.15, 0.2) is 0 Å². The molecule has 0 aliphatic rings. The average molecular weight is 329 g/mol. The third-order valence-corrected chi connectivity index (χ3v) is 3.47. The lowest BCUT2D eigenvalue weighted by Crippen LogP contribution is -2.50. The predicted molar refractivity (Wildman–Crippen MR) is 80.3 cm³/mol. The molecule has 0 heterocycles. The minimum Gasteiger partial charge on any atom is -0.496 e. The van der Waals surface area contributed by atoms with E-state index in [-0.39, 0.29) is 5.91 Å². The van der Waals surface area contributed by atoms with E-state index in [9.17, 15) is 4.79 Å². The first kappa shape index (κ1) is 16.0. The molecule has 106 valence electrons. The lowest BCUT2D eigenvalue weighted by molar-refractivity contribution is -0.134. The van der Waals surface area contributed by atoms with Crippen molar-refractivity contribution in [3.05, 3.63) is 28.2 Å². The van der Waals surface area contributed by atoms with Crippen molar-refractivity contribution >= 4 is 21.8 Å². The van der Waals surface area contributed by atoms with Gasteiger partial charge < -0.3 is 15.4 Å². The van der Waals surface area contributed by atoms with E-state index < -0.39 is 5.54 Å². The van der Waals surface area contributed by atoms with Crippen LogP contribution >= 0.6 is 15.9 Å². The van der Waals surface area contributed by atoms with Gasteiger partial charge in [-0.05, 0) is 53.9 Å². The molecule has 2 N–H and O–H groups in total. The van der Waals surface area contributed by atoms with Gasteiger partial charge in [0.1, 0.15) is 5.75 Å². The molecule has 19 heavy (non-hydrogen) atoms. The molecule has 0 bridgehead atoms. The van der Waals surface area contributed by atoms with Crippen LogP contribution in [0.15, 0.2) is 22.7 Å². The number of carbonyl (C=O) groups excluding carboxylic acids is 1. The lowest BCUT2D eigenvalue weighted by Gasteiger charge is -2.25. The molecule has 1 amide bonds. The molecule has 5 heteroatoms. The topological polar surface area (TPSA) is 55.6 Å². The van der Waals surface area contributed by atoms with E-state index >= 15 is 0 Å². The summed E-state index contributed by atoms with van der Waals surface area (Å²) in [4.78, 5) is 13.6. The molecule has 1 rings (SSSR count). The van der Waals surface area contributed by atoms with Crippen molar-refractivity contribution in [1.29, 1.82) is 0 Å². The molecule has 0 atom stereocenters. The summed E-state index contributed by atoms with van der Waals surface area (Å²) in [6.07, 6.45) is 0.779. The second kappa shape index (κ2) is 6.39. The zero-order valence-corrected chi connectivity index (χ0v) is 13.5. The number of rotatable bonds is 5. The number of likely N-dealkylation sites (N-methyl/N-ethyl adjacent to an activating group) is 1. The van der Waals surface area contributed by atoms with Gasteiger partial charge in [-0.3, -0.25) is 4.79 Å². The Morgan fingerprint density at radius 1 is 1.47 bits per heavy atom. The van der Waals surface area contributed by atoms with Crippen molar-refractivity contribution in [2.75, 3.05) is 20.7 Å². The fourth-order valence-corrected chi connectivity index (χ4v) is 2.34. The predicted octanol–water partition coefficient (Wildman–Crippen LogP) is 2.20. The van der Waals surface area contributed by atoms with Crippen molar-refractivity contribution < 1.29 is 9.53 Å². The quantitative estimate of drug-likeness (QED) is 0.901. The normalized spacial score (nSPS) is 11.3. The molecule has 1 aromatic rings. The molecular formula is C14H21BrN2O2. The van der Waals surface area contributed by atoms with Crippen LogP contribution in [0.3, 0.4) is 0 Å². The number of benzene rings is 1. The Kier molecular flexibility index (Phi) is 5.38. The van der Waals surface area contributed by atoms with Gasteiger partial charge in [0.05, 0.1) is 17.1 Å². The monoisotopic (exact) mass is 328 g/mol. The van der Waals surface area contributed by atoms with Crippen molar-refractivity contribution in [3.63, 3.8) is 0 Å². The van der Waals surface area contributed by atoms with Crippen molar-refractivity contribution in [1.82, 2.24) is 4.90 Å². The highest BCUT2D eigenvalue weighted by molar-refractivity contribution is 9.10. The Morgan fingerprint density at radius 3 is 2.58 bits per heavy atom. The van der Waals surface area contributed by atoms with Gasteiger partial charge in [0.2, 0.25) is 5.91 Å². The minimum absolute atomic E-state index is 0.0555. The van der Waals surface area contributed by atoms with Crippen LogP contribution in [0.2, 0.25) is 0 Å². The van der Waals surface area contributed by atoms with Crippen LogP contribution in [-0.4, -0.2) is 37.0 Å². The molecule has 4 nitrogen and oxygen atoms in total. The van der Waals surface area contributed by atoms with Crippen molar-refractivity contribution in [3.8, 4) is 5.75 Å². The Bertz CT molecular complexity index is 455. The van der Waals surface area contributed by atoms with Gasteiger partial charge in [-0.15, -0.1) is 0 Å². The molecule has 0 saturated heterocycles. The zero-order valence-electron chi connectivity index (χ0n) is 11.9. The minimum atomic E-state index is -0.824. The summed E-state index contributed by atoms with van der Waals surface area (Å²) >= 11 is 3.45. The fourth-order valence-electron chi connectivity index (χ4n) is 1.76. The highest BCUT2D eigenvalue weighted by Gasteiger charge is 2.25. The maximum absolute atomic E-state index is 11.9. The molecule has 0 spiro atoms. The summed E-state index contributed by atoms with van der Waals surface area (Å²) in [7, 11) is 3.41.